The van der Waals surface area contributed by atoms with Crippen LogP contribution in [0.4, 0.5) is 4.79 Å². The summed E-state index contributed by atoms with van der Waals surface area (Å²) >= 11 is 0. The maximum atomic E-state index is 12.3. The minimum Gasteiger partial charge on any atom is -0.467 e. The number of esters is 1. The molecule has 1 saturated heterocycles. The number of carbonyl (C=O) groups is 2. The molecule has 0 unspecified atom stereocenters. The summed E-state index contributed by atoms with van der Waals surface area (Å²) in [6.45, 7) is 0.817. The first kappa shape index (κ1) is 13.9. The van der Waals surface area contributed by atoms with E-state index in [0.29, 0.717) is 13.0 Å². The Morgan fingerprint density at radius 2 is 2.00 bits per heavy atom. The first-order valence-corrected chi connectivity index (χ1v) is 7.19. The number of ether oxygens (including phenoxy) is 2. The van der Waals surface area contributed by atoms with Crippen molar-refractivity contribution in [1.82, 2.24) is 4.90 Å². The van der Waals surface area contributed by atoms with Crippen molar-refractivity contribution >= 4 is 12.1 Å². The molecule has 0 aromatic heterocycles. The van der Waals surface area contributed by atoms with Gasteiger partial charge in [0.05, 0.1) is 7.11 Å². The lowest BCUT2D eigenvalue weighted by molar-refractivity contribution is -0.145. The van der Waals surface area contributed by atoms with E-state index in [1.165, 1.54) is 12.0 Å². The zero-order chi connectivity index (χ0) is 14.9. The van der Waals surface area contributed by atoms with Crippen molar-refractivity contribution in [2.75, 3.05) is 13.7 Å². The van der Waals surface area contributed by atoms with Crippen LogP contribution in [0.2, 0.25) is 0 Å². The van der Waals surface area contributed by atoms with Crippen LogP contribution in [0.15, 0.2) is 30.3 Å². The summed E-state index contributed by atoms with van der Waals surface area (Å²) in [6.07, 6.45) is 2.41. The van der Waals surface area contributed by atoms with Gasteiger partial charge < -0.3 is 9.47 Å². The van der Waals surface area contributed by atoms with Crippen LogP contribution < -0.4 is 0 Å². The summed E-state index contributed by atoms with van der Waals surface area (Å²) in [5.41, 5.74) is 1.06. The Hall–Kier alpha value is -2.04. The van der Waals surface area contributed by atoms with Crippen LogP contribution in [0.1, 0.15) is 24.8 Å². The van der Waals surface area contributed by atoms with Gasteiger partial charge in [-0.3, -0.25) is 4.90 Å². The smallest absolute Gasteiger partial charge is 0.410 e. The number of methoxy groups -OCH3 is 1. The van der Waals surface area contributed by atoms with Crippen LogP contribution in [0.25, 0.3) is 0 Å². The normalized spacial score (nSPS) is 22.1. The largest absolute Gasteiger partial charge is 0.467 e. The minimum atomic E-state index is -0.499. The average molecular weight is 289 g/mol. The van der Waals surface area contributed by atoms with E-state index in [-0.39, 0.29) is 18.0 Å². The van der Waals surface area contributed by atoms with E-state index < -0.39 is 12.1 Å². The van der Waals surface area contributed by atoms with Crippen LogP contribution in [-0.4, -0.2) is 36.7 Å². The Balaban J connectivity index is 1.63. The molecule has 5 heteroatoms. The number of carbonyl (C=O) groups excluding carboxylic acids is 2. The highest BCUT2D eigenvalue weighted by atomic mass is 16.6. The first-order valence-electron chi connectivity index (χ1n) is 7.19. The second-order valence-corrected chi connectivity index (χ2v) is 5.91. The SMILES string of the molecule is COC(=O)[C@@H]1CC2(CC2)CN1C(=O)OCc1ccccc1. The Kier molecular flexibility index (Phi) is 3.57. The lowest BCUT2D eigenvalue weighted by atomic mass is 10.0. The summed E-state index contributed by atoms with van der Waals surface area (Å²) < 4.78 is 10.1. The van der Waals surface area contributed by atoms with Crippen LogP contribution in [0.5, 0.6) is 0 Å². The summed E-state index contributed by atoms with van der Waals surface area (Å²) in [4.78, 5) is 25.6. The van der Waals surface area contributed by atoms with E-state index in [4.69, 9.17) is 9.47 Å². The van der Waals surface area contributed by atoms with Gasteiger partial charge in [0.1, 0.15) is 12.6 Å². The molecule has 5 nitrogen and oxygen atoms in total. The van der Waals surface area contributed by atoms with Crippen LogP contribution in [-0.2, 0) is 20.9 Å². The highest BCUT2D eigenvalue weighted by Crippen LogP contribution is 2.55. The zero-order valence-corrected chi connectivity index (χ0v) is 12.1. The highest BCUT2D eigenvalue weighted by Gasteiger charge is 2.56. The minimum absolute atomic E-state index is 0.130. The van der Waals surface area contributed by atoms with E-state index in [9.17, 15) is 9.59 Å². The lowest BCUT2D eigenvalue weighted by Crippen LogP contribution is -2.41. The number of likely N-dealkylation sites (tertiary alicyclic amines) is 1. The third-order valence-corrected chi connectivity index (χ3v) is 4.38. The number of nitrogens with zero attached hydrogens (tertiary/aromatic N) is 1. The molecule has 21 heavy (non-hydrogen) atoms. The third kappa shape index (κ3) is 2.86. The standard InChI is InChI=1S/C16H19NO4/c1-20-14(18)13-9-16(7-8-16)11-17(13)15(19)21-10-12-5-3-2-4-6-12/h2-6,13H,7-11H2,1H3/t13-/m0/s1. The number of rotatable bonds is 3. The highest BCUT2D eigenvalue weighted by molar-refractivity contribution is 5.82. The fraction of sp³-hybridized carbons (Fsp3) is 0.500. The molecule has 1 atom stereocenters. The average Bonchev–Trinajstić information content (AvgIpc) is 3.16. The maximum absolute atomic E-state index is 12.3. The lowest BCUT2D eigenvalue weighted by Gasteiger charge is -2.22. The molecule has 2 aliphatic rings. The topological polar surface area (TPSA) is 55.8 Å². The van der Waals surface area contributed by atoms with E-state index in [1.807, 2.05) is 30.3 Å². The van der Waals surface area contributed by atoms with Gasteiger partial charge in [-0.25, -0.2) is 9.59 Å². The Morgan fingerprint density at radius 3 is 2.62 bits per heavy atom. The summed E-state index contributed by atoms with van der Waals surface area (Å²) in [7, 11) is 1.35. The molecule has 0 radical (unpaired) electrons. The fourth-order valence-corrected chi connectivity index (χ4v) is 2.94. The summed E-state index contributed by atoms with van der Waals surface area (Å²) in [6, 6.07) is 9.01. The van der Waals surface area contributed by atoms with E-state index in [1.54, 1.807) is 0 Å². The maximum Gasteiger partial charge on any atom is 0.410 e. The molecular weight excluding hydrogens is 270 g/mol. The molecule has 1 aromatic rings. The molecular formula is C16H19NO4. The molecule has 1 aromatic carbocycles. The summed E-state index contributed by atoms with van der Waals surface area (Å²) in [5.74, 6) is -0.351. The van der Waals surface area contributed by atoms with Gasteiger partial charge in [-0.2, -0.15) is 0 Å². The number of hydrogen-bond donors (Lipinski definition) is 0. The van der Waals surface area contributed by atoms with Gasteiger partial charge in [0.15, 0.2) is 0 Å². The molecule has 2 fully saturated rings. The Morgan fingerprint density at radius 1 is 1.29 bits per heavy atom. The number of amides is 1. The fourth-order valence-electron chi connectivity index (χ4n) is 2.94. The van der Waals surface area contributed by atoms with Crippen molar-refractivity contribution in [3.63, 3.8) is 0 Å². The molecule has 3 rings (SSSR count). The second-order valence-electron chi connectivity index (χ2n) is 5.91. The zero-order valence-electron chi connectivity index (χ0n) is 12.1. The van der Waals surface area contributed by atoms with Gasteiger partial charge in [0.25, 0.3) is 0 Å². The molecule has 0 N–H and O–H groups in total. The van der Waals surface area contributed by atoms with Gasteiger partial charge in [0, 0.05) is 6.54 Å². The van der Waals surface area contributed by atoms with Crippen molar-refractivity contribution in [3.05, 3.63) is 35.9 Å². The van der Waals surface area contributed by atoms with Crippen LogP contribution in [0, 0.1) is 5.41 Å². The molecule has 1 spiro atoms. The van der Waals surface area contributed by atoms with E-state index in [0.717, 1.165) is 18.4 Å². The molecule has 1 aliphatic heterocycles. The van der Waals surface area contributed by atoms with Gasteiger partial charge in [-0.05, 0) is 30.2 Å². The van der Waals surface area contributed by atoms with E-state index >= 15 is 0 Å². The summed E-state index contributed by atoms with van der Waals surface area (Å²) in [5, 5.41) is 0. The van der Waals surface area contributed by atoms with Gasteiger partial charge in [-0.1, -0.05) is 30.3 Å². The van der Waals surface area contributed by atoms with Gasteiger partial charge in [0.2, 0.25) is 0 Å². The second kappa shape index (κ2) is 5.39. The van der Waals surface area contributed by atoms with Crippen LogP contribution >= 0.6 is 0 Å². The molecule has 1 amide bonds. The predicted molar refractivity (Wildman–Crippen MR) is 75.4 cm³/mol. The molecule has 112 valence electrons. The van der Waals surface area contributed by atoms with Crippen molar-refractivity contribution in [2.45, 2.75) is 31.9 Å². The van der Waals surface area contributed by atoms with Crippen molar-refractivity contribution < 1.29 is 19.1 Å². The predicted octanol–water partition coefficient (Wildman–Crippen LogP) is 2.35. The van der Waals surface area contributed by atoms with Crippen LogP contribution in [0.3, 0.4) is 0 Å². The van der Waals surface area contributed by atoms with E-state index in [2.05, 4.69) is 0 Å². The number of hydrogen-bond acceptors (Lipinski definition) is 4. The quantitative estimate of drug-likeness (QED) is 0.802. The first-order chi connectivity index (χ1) is 10.1. The monoisotopic (exact) mass is 289 g/mol. The molecule has 0 bridgehead atoms. The van der Waals surface area contributed by atoms with Gasteiger partial charge in [-0.15, -0.1) is 0 Å². The third-order valence-electron chi connectivity index (χ3n) is 4.38. The number of benzene rings is 1. The van der Waals surface area contributed by atoms with Gasteiger partial charge >= 0.3 is 12.1 Å². The van der Waals surface area contributed by atoms with Crippen molar-refractivity contribution in [3.8, 4) is 0 Å². The molecule has 1 aliphatic carbocycles. The Bertz CT molecular complexity index is 538. The van der Waals surface area contributed by atoms with Crippen molar-refractivity contribution in [2.24, 2.45) is 5.41 Å². The van der Waals surface area contributed by atoms with Crippen molar-refractivity contribution in [1.29, 1.82) is 0 Å². The molecule has 1 heterocycles. The Labute approximate surface area is 123 Å². The molecule has 1 saturated carbocycles.